The Balaban J connectivity index is 1.54. The van der Waals surface area contributed by atoms with Gasteiger partial charge in [-0.15, -0.1) is 0 Å². The third kappa shape index (κ3) is 4.96. The third-order valence-corrected chi connectivity index (χ3v) is 9.09. The molecule has 9 heteroatoms. The number of hydrogen-bond acceptors (Lipinski definition) is 7. The first-order chi connectivity index (χ1) is 21.8. The fourth-order valence-electron chi connectivity index (χ4n) is 6.67. The minimum absolute atomic E-state index is 0.0636. The van der Waals surface area contributed by atoms with E-state index in [0.717, 1.165) is 62.9 Å². The molecular formula is C36H37N7O2. The monoisotopic (exact) mass is 599 g/mol. The number of benzene rings is 1. The topological polar surface area (TPSA) is 97.1 Å². The molecular weight excluding hydrogens is 562 g/mol. The molecule has 0 bridgehead atoms. The minimum Gasteiger partial charge on any atom is -0.350 e. The number of para-hydroxylation sites is 1. The average Bonchev–Trinajstić information content (AvgIpc) is 3.89. The zero-order valence-corrected chi connectivity index (χ0v) is 26.2. The van der Waals surface area contributed by atoms with Gasteiger partial charge >= 0.3 is 5.69 Å². The molecule has 2 fully saturated rings. The lowest BCUT2D eigenvalue weighted by atomic mass is 9.98. The second-order valence-corrected chi connectivity index (χ2v) is 12.6. The summed E-state index contributed by atoms with van der Waals surface area (Å²) in [6.07, 6.45) is 7.13. The maximum Gasteiger partial charge on any atom is 0.355 e. The van der Waals surface area contributed by atoms with Gasteiger partial charge in [0.25, 0.3) is 0 Å². The first-order valence-corrected chi connectivity index (χ1v) is 15.7. The lowest BCUT2D eigenvalue weighted by Gasteiger charge is -2.40. The number of piperazine rings is 1. The molecule has 0 N–H and O–H groups in total. The van der Waals surface area contributed by atoms with Crippen molar-refractivity contribution < 1.29 is 4.79 Å². The van der Waals surface area contributed by atoms with Crippen LogP contribution in [0.2, 0.25) is 0 Å². The van der Waals surface area contributed by atoms with E-state index in [1.165, 1.54) is 6.08 Å². The van der Waals surface area contributed by atoms with E-state index in [0.29, 0.717) is 37.0 Å². The van der Waals surface area contributed by atoms with E-state index in [1.54, 1.807) is 15.7 Å². The zero-order chi connectivity index (χ0) is 31.4. The molecule has 1 aliphatic heterocycles. The highest BCUT2D eigenvalue weighted by atomic mass is 16.2. The predicted molar refractivity (Wildman–Crippen MR) is 178 cm³/mol. The Morgan fingerprint density at radius 3 is 2.58 bits per heavy atom. The summed E-state index contributed by atoms with van der Waals surface area (Å²) in [6, 6.07) is 14.3. The summed E-state index contributed by atoms with van der Waals surface area (Å²) in [4.78, 5) is 50.4. The predicted octanol–water partition coefficient (Wildman–Crippen LogP) is 5.92. The van der Waals surface area contributed by atoms with Crippen LogP contribution in [-0.4, -0.2) is 61.0 Å². The van der Waals surface area contributed by atoms with Crippen molar-refractivity contribution in [1.82, 2.24) is 29.4 Å². The Bertz CT molecular complexity index is 2040. The van der Waals surface area contributed by atoms with Gasteiger partial charge in [-0.25, -0.2) is 14.3 Å². The van der Waals surface area contributed by atoms with Crippen molar-refractivity contribution in [1.29, 1.82) is 0 Å². The van der Waals surface area contributed by atoms with Crippen LogP contribution in [0.25, 0.3) is 38.9 Å². The van der Waals surface area contributed by atoms with Crippen LogP contribution in [0.15, 0.2) is 72.3 Å². The molecule has 9 nitrogen and oxygen atoms in total. The van der Waals surface area contributed by atoms with E-state index in [4.69, 9.17) is 19.9 Å². The molecule has 4 aromatic heterocycles. The molecule has 45 heavy (non-hydrogen) atoms. The van der Waals surface area contributed by atoms with Crippen LogP contribution in [0, 0.1) is 6.92 Å². The van der Waals surface area contributed by atoms with E-state index in [9.17, 15) is 9.59 Å². The lowest BCUT2D eigenvalue weighted by molar-refractivity contribution is -0.126. The Morgan fingerprint density at radius 2 is 1.84 bits per heavy atom. The maximum absolute atomic E-state index is 14.3. The van der Waals surface area contributed by atoms with Gasteiger partial charge in [0.2, 0.25) is 5.91 Å². The summed E-state index contributed by atoms with van der Waals surface area (Å²) in [7, 11) is 0. The van der Waals surface area contributed by atoms with Gasteiger partial charge in [0.1, 0.15) is 5.82 Å². The van der Waals surface area contributed by atoms with Crippen molar-refractivity contribution in [3.8, 4) is 16.9 Å². The number of hydrogen-bond donors (Lipinski definition) is 0. The van der Waals surface area contributed by atoms with Crippen LogP contribution < -0.4 is 10.6 Å². The highest BCUT2D eigenvalue weighted by molar-refractivity contribution is 5.97. The van der Waals surface area contributed by atoms with Gasteiger partial charge in [-0.3, -0.25) is 14.8 Å². The van der Waals surface area contributed by atoms with Crippen molar-refractivity contribution in [2.45, 2.75) is 58.4 Å². The molecule has 5 aromatic rings. The number of amides is 1. The highest BCUT2D eigenvalue weighted by Gasteiger charge is 2.33. The van der Waals surface area contributed by atoms with Crippen molar-refractivity contribution in [2.75, 3.05) is 24.5 Å². The molecule has 1 aromatic carbocycles. The van der Waals surface area contributed by atoms with Crippen molar-refractivity contribution in [2.24, 2.45) is 0 Å². The number of rotatable bonds is 6. The van der Waals surface area contributed by atoms with Crippen LogP contribution in [0.4, 0.5) is 5.82 Å². The number of carbonyl (C=O) groups excluding carboxylic acids is 1. The standard InChI is InChI=1S/C36H37N7O2/c1-6-29(44)41-17-18-42(23(5)20-41)34-28-19-27(24-12-13-24)32(26-11-7-9-25-10-8-15-37-31(25)26)39-35(28)43(36(45)40-34)33-22(4)14-16-38-30(33)21(2)3/h6-11,14-16,19,21,23-24H,1,12-13,17-18,20H2,2-5H3. The Labute approximate surface area is 262 Å². The van der Waals surface area contributed by atoms with Gasteiger partial charge in [0.05, 0.1) is 28.0 Å². The molecule has 0 spiro atoms. The Kier molecular flexibility index (Phi) is 7.19. The Hall–Kier alpha value is -4.92. The number of aryl methyl sites for hydroxylation is 1. The second kappa shape index (κ2) is 11.2. The van der Waals surface area contributed by atoms with Gasteiger partial charge < -0.3 is 9.80 Å². The molecule has 1 aliphatic carbocycles. The summed E-state index contributed by atoms with van der Waals surface area (Å²) in [6.45, 7) is 13.5. The number of carbonyl (C=O) groups is 1. The van der Waals surface area contributed by atoms with Gasteiger partial charge in [0.15, 0.2) is 5.65 Å². The van der Waals surface area contributed by atoms with Crippen LogP contribution in [0.5, 0.6) is 0 Å². The third-order valence-electron chi connectivity index (χ3n) is 9.09. The SMILES string of the molecule is C=CC(=O)N1CCN(c2nc(=O)n(-c3c(C)ccnc3C(C)C)c3nc(-c4cccc5cccnc45)c(C4CC4)cc23)C(C)C1. The molecule has 1 amide bonds. The average molecular weight is 600 g/mol. The normalized spacial score (nSPS) is 17.0. The second-order valence-electron chi connectivity index (χ2n) is 12.6. The molecule has 228 valence electrons. The van der Waals surface area contributed by atoms with E-state index in [2.05, 4.69) is 56.5 Å². The minimum atomic E-state index is -0.402. The van der Waals surface area contributed by atoms with Crippen LogP contribution in [0.1, 0.15) is 62.3 Å². The molecule has 1 saturated carbocycles. The first kappa shape index (κ1) is 28.8. The van der Waals surface area contributed by atoms with E-state index >= 15 is 0 Å². The van der Waals surface area contributed by atoms with Crippen LogP contribution >= 0.6 is 0 Å². The quantitative estimate of drug-likeness (QED) is 0.224. The fraction of sp³-hybridized carbons (Fsp3) is 0.333. The molecule has 2 aliphatic rings. The van der Waals surface area contributed by atoms with Crippen LogP contribution in [-0.2, 0) is 4.79 Å². The molecule has 0 radical (unpaired) electrons. The van der Waals surface area contributed by atoms with E-state index in [-0.39, 0.29) is 17.9 Å². The molecule has 1 saturated heterocycles. The summed E-state index contributed by atoms with van der Waals surface area (Å²) < 4.78 is 1.66. The molecule has 1 atom stereocenters. The number of aromatic nitrogens is 5. The summed E-state index contributed by atoms with van der Waals surface area (Å²) >= 11 is 0. The lowest BCUT2D eigenvalue weighted by Crippen LogP contribution is -2.54. The summed E-state index contributed by atoms with van der Waals surface area (Å²) in [5.74, 6) is 0.961. The van der Waals surface area contributed by atoms with Crippen molar-refractivity contribution in [3.05, 3.63) is 94.8 Å². The summed E-state index contributed by atoms with van der Waals surface area (Å²) in [5, 5.41) is 1.86. The van der Waals surface area contributed by atoms with E-state index in [1.807, 2.05) is 31.3 Å². The van der Waals surface area contributed by atoms with Crippen LogP contribution in [0.3, 0.4) is 0 Å². The smallest absolute Gasteiger partial charge is 0.350 e. The fourth-order valence-corrected chi connectivity index (χ4v) is 6.67. The van der Waals surface area contributed by atoms with Crippen molar-refractivity contribution in [3.63, 3.8) is 0 Å². The number of anilines is 1. The van der Waals surface area contributed by atoms with Gasteiger partial charge in [0, 0.05) is 49.0 Å². The van der Waals surface area contributed by atoms with E-state index < -0.39 is 5.69 Å². The largest absolute Gasteiger partial charge is 0.355 e. The summed E-state index contributed by atoms with van der Waals surface area (Å²) in [5.41, 5.74) is 6.45. The molecule has 5 heterocycles. The zero-order valence-electron chi connectivity index (χ0n) is 26.2. The van der Waals surface area contributed by atoms with Crippen molar-refractivity contribution >= 4 is 33.7 Å². The first-order valence-electron chi connectivity index (χ1n) is 15.7. The number of pyridine rings is 3. The van der Waals surface area contributed by atoms with Gasteiger partial charge in [-0.1, -0.05) is 44.7 Å². The number of fused-ring (bicyclic) bond motifs is 2. The highest BCUT2D eigenvalue weighted by Crippen LogP contribution is 2.46. The maximum atomic E-state index is 14.3. The molecule has 1 unspecified atom stereocenters. The van der Waals surface area contributed by atoms with Gasteiger partial charge in [-0.2, -0.15) is 4.98 Å². The molecule has 7 rings (SSSR count). The Morgan fingerprint density at radius 1 is 1.04 bits per heavy atom. The number of nitrogens with zero attached hydrogens (tertiary/aromatic N) is 7. The van der Waals surface area contributed by atoms with Gasteiger partial charge in [-0.05, 0) is 73.9 Å².